The van der Waals surface area contributed by atoms with Crippen molar-refractivity contribution in [3.63, 3.8) is 0 Å². The molecule has 0 unspecified atom stereocenters. The molecule has 0 N–H and O–H groups in total. The van der Waals surface area contributed by atoms with Gasteiger partial charge in [0.15, 0.2) is 0 Å². The van der Waals surface area contributed by atoms with E-state index in [1.807, 2.05) is 37.3 Å². The Morgan fingerprint density at radius 1 is 0.778 bits per heavy atom. The Bertz CT molecular complexity index is 671. The van der Waals surface area contributed by atoms with Crippen molar-refractivity contribution in [2.45, 2.75) is 6.92 Å². The predicted octanol–water partition coefficient (Wildman–Crippen LogP) is 2.97. The number of aryl methyl sites for hydroxylation is 1. The minimum atomic E-state index is -0.564. The van der Waals surface area contributed by atoms with Gasteiger partial charge in [-0.25, -0.2) is 9.59 Å². The van der Waals surface area contributed by atoms with Crippen LogP contribution in [-0.4, -0.2) is 11.9 Å². The second-order valence-electron chi connectivity index (χ2n) is 4.22. The lowest BCUT2D eigenvalue weighted by Crippen LogP contribution is -1.98. The molecule has 3 nitrogen and oxygen atoms in total. The molecule has 0 amide bonds. The van der Waals surface area contributed by atoms with E-state index in [2.05, 4.69) is 4.74 Å². The zero-order chi connectivity index (χ0) is 12.7. The summed E-state index contributed by atoms with van der Waals surface area (Å²) >= 11 is 0. The van der Waals surface area contributed by atoms with Crippen molar-refractivity contribution < 1.29 is 14.3 Å². The molecule has 0 spiro atoms. The number of benzene rings is 2. The highest BCUT2D eigenvalue weighted by Gasteiger charge is 2.32. The van der Waals surface area contributed by atoms with Gasteiger partial charge in [-0.2, -0.15) is 0 Å². The van der Waals surface area contributed by atoms with Crippen molar-refractivity contribution in [3.8, 4) is 11.1 Å². The molecular formula is C15H10O3. The first-order valence-corrected chi connectivity index (χ1v) is 5.64. The molecule has 0 atom stereocenters. The highest BCUT2D eigenvalue weighted by Crippen LogP contribution is 2.32. The van der Waals surface area contributed by atoms with E-state index in [4.69, 9.17) is 0 Å². The Morgan fingerprint density at radius 2 is 1.44 bits per heavy atom. The highest BCUT2D eigenvalue weighted by atomic mass is 16.6. The fraction of sp³-hybridized carbons (Fsp3) is 0.0667. The number of carbonyl (C=O) groups excluding carboxylic acids is 2. The van der Waals surface area contributed by atoms with Crippen molar-refractivity contribution in [3.05, 3.63) is 59.2 Å². The molecule has 3 heteroatoms. The van der Waals surface area contributed by atoms with Crippen LogP contribution in [0.2, 0.25) is 0 Å². The molecule has 3 rings (SSSR count). The highest BCUT2D eigenvalue weighted by molar-refractivity contribution is 6.18. The zero-order valence-corrected chi connectivity index (χ0v) is 9.77. The van der Waals surface area contributed by atoms with E-state index < -0.39 is 11.9 Å². The molecule has 1 heterocycles. The third-order valence-electron chi connectivity index (χ3n) is 3.11. The lowest BCUT2D eigenvalue weighted by Gasteiger charge is -2.08. The van der Waals surface area contributed by atoms with Gasteiger partial charge in [-0.15, -0.1) is 0 Å². The van der Waals surface area contributed by atoms with Gasteiger partial charge in [-0.05, 0) is 29.7 Å². The molecule has 88 valence electrons. The van der Waals surface area contributed by atoms with E-state index in [9.17, 15) is 9.59 Å². The normalized spacial score (nSPS) is 13.4. The number of carbonyl (C=O) groups is 2. The molecule has 1 aliphatic rings. The van der Waals surface area contributed by atoms with Gasteiger partial charge in [0, 0.05) is 0 Å². The van der Waals surface area contributed by atoms with Crippen LogP contribution in [0.3, 0.4) is 0 Å². The minimum absolute atomic E-state index is 0.348. The first kappa shape index (κ1) is 10.7. The summed E-state index contributed by atoms with van der Waals surface area (Å²) in [5.41, 5.74) is 3.47. The Kier molecular flexibility index (Phi) is 2.27. The van der Waals surface area contributed by atoms with Gasteiger partial charge in [-0.1, -0.05) is 36.4 Å². The van der Waals surface area contributed by atoms with Crippen molar-refractivity contribution in [1.29, 1.82) is 0 Å². The van der Waals surface area contributed by atoms with Crippen LogP contribution in [0, 0.1) is 6.92 Å². The van der Waals surface area contributed by atoms with E-state index >= 15 is 0 Å². The molecule has 0 fully saturated rings. The van der Waals surface area contributed by atoms with Gasteiger partial charge in [0.1, 0.15) is 0 Å². The number of hydrogen-bond donors (Lipinski definition) is 0. The van der Waals surface area contributed by atoms with E-state index in [1.54, 1.807) is 12.1 Å². The SMILES string of the molecule is Cc1ccccc1-c1cccc2c1C(=O)OC2=O. The number of ether oxygens (including phenoxy) is 1. The number of rotatable bonds is 1. The summed E-state index contributed by atoms with van der Waals surface area (Å²) in [4.78, 5) is 23.2. The van der Waals surface area contributed by atoms with Crippen LogP contribution in [0.4, 0.5) is 0 Å². The number of esters is 2. The summed E-state index contributed by atoms with van der Waals surface area (Å²) < 4.78 is 4.66. The summed E-state index contributed by atoms with van der Waals surface area (Å²) in [5, 5.41) is 0. The molecule has 2 aromatic rings. The van der Waals surface area contributed by atoms with Crippen molar-refractivity contribution in [2.75, 3.05) is 0 Å². The second kappa shape index (κ2) is 3.81. The zero-order valence-electron chi connectivity index (χ0n) is 9.77. The summed E-state index contributed by atoms with van der Waals surface area (Å²) in [6.07, 6.45) is 0. The average molecular weight is 238 g/mol. The van der Waals surface area contributed by atoms with Crippen LogP contribution in [0.1, 0.15) is 26.3 Å². The van der Waals surface area contributed by atoms with Crippen LogP contribution in [0.25, 0.3) is 11.1 Å². The summed E-state index contributed by atoms with van der Waals surface area (Å²) in [6.45, 7) is 1.97. The van der Waals surface area contributed by atoms with Gasteiger partial charge < -0.3 is 4.74 Å². The molecule has 0 aliphatic carbocycles. The monoisotopic (exact) mass is 238 g/mol. The summed E-state index contributed by atoms with van der Waals surface area (Å²) in [7, 11) is 0. The maximum absolute atomic E-state index is 11.7. The molecule has 0 saturated heterocycles. The van der Waals surface area contributed by atoms with Crippen LogP contribution in [0.15, 0.2) is 42.5 Å². The third kappa shape index (κ3) is 1.44. The fourth-order valence-corrected chi connectivity index (χ4v) is 2.23. The number of fused-ring (bicyclic) bond motifs is 1. The van der Waals surface area contributed by atoms with Crippen molar-refractivity contribution in [2.24, 2.45) is 0 Å². The van der Waals surface area contributed by atoms with Crippen LogP contribution in [0.5, 0.6) is 0 Å². The lowest BCUT2D eigenvalue weighted by atomic mass is 9.94. The molecular weight excluding hydrogens is 228 g/mol. The van der Waals surface area contributed by atoms with Gasteiger partial charge >= 0.3 is 11.9 Å². The molecule has 18 heavy (non-hydrogen) atoms. The molecule has 0 saturated carbocycles. The smallest absolute Gasteiger partial charge is 0.347 e. The van der Waals surface area contributed by atoms with E-state index in [1.165, 1.54) is 0 Å². The third-order valence-corrected chi connectivity index (χ3v) is 3.11. The molecule has 0 radical (unpaired) electrons. The lowest BCUT2D eigenvalue weighted by molar-refractivity contribution is 0.0444. The van der Waals surface area contributed by atoms with E-state index in [0.29, 0.717) is 11.1 Å². The van der Waals surface area contributed by atoms with Crippen LogP contribution >= 0.6 is 0 Å². The van der Waals surface area contributed by atoms with Gasteiger partial charge in [0.2, 0.25) is 0 Å². The van der Waals surface area contributed by atoms with Crippen molar-refractivity contribution >= 4 is 11.9 Å². The molecule has 1 aliphatic heterocycles. The van der Waals surface area contributed by atoms with Gasteiger partial charge in [-0.3, -0.25) is 0 Å². The van der Waals surface area contributed by atoms with Gasteiger partial charge in [0.25, 0.3) is 0 Å². The Balaban J connectivity index is 2.30. The fourth-order valence-electron chi connectivity index (χ4n) is 2.23. The molecule has 2 aromatic carbocycles. The van der Waals surface area contributed by atoms with E-state index in [0.717, 1.165) is 16.7 Å². The first-order valence-electron chi connectivity index (χ1n) is 5.64. The quantitative estimate of drug-likeness (QED) is 0.566. The Morgan fingerprint density at radius 3 is 2.22 bits per heavy atom. The summed E-state index contributed by atoms with van der Waals surface area (Å²) in [5.74, 6) is -1.13. The maximum Gasteiger partial charge on any atom is 0.347 e. The number of hydrogen-bond acceptors (Lipinski definition) is 3. The Labute approximate surface area is 104 Å². The second-order valence-corrected chi connectivity index (χ2v) is 4.22. The first-order chi connectivity index (χ1) is 8.68. The largest absolute Gasteiger partial charge is 0.386 e. The maximum atomic E-state index is 11.7. The topological polar surface area (TPSA) is 43.4 Å². The summed E-state index contributed by atoms with van der Waals surface area (Å²) in [6, 6.07) is 13.0. The predicted molar refractivity (Wildman–Crippen MR) is 66.4 cm³/mol. The molecule has 0 bridgehead atoms. The van der Waals surface area contributed by atoms with Crippen LogP contribution in [-0.2, 0) is 4.74 Å². The van der Waals surface area contributed by atoms with Crippen LogP contribution < -0.4 is 0 Å². The molecule has 0 aromatic heterocycles. The minimum Gasteiger partial charge on any atom is -0.386 e. The van der Waals surface area contributed by atoms with E-state index in [-0.39, 0.29) is 0 Å². The number of cyclic esters (lactones) is 2. The van der Waals surface area contributed by atoms with Crippen molar-refractivity contribution in [1.82, 2.24) is 0 Å². The van der Waals surface area contributed by atoms with Gasteiger partial charge in [0.05, 0.1) is 11.1 Å². The average Bonchev–Trinajstić information content (AvgIpc) is 2.66. The Hall–Kier alpha value is -2.42. The standard InChI is InChI=1S/C15H10O3/c1-9-5-2-3-6-10(9)11-7-4-8-12-13(11)15(17)18-14(12)16/h2-8H,1H3.